The summed E-state index contributed by atoms with van der Waals surface area (Å²) >= 11 is 5.56. The predicted octanol–water partition coefficient (Wildman–Crippen LogP) is 3.60. The summed E-state index contributed by atoms with van der Waals surface area (Å²) in [6.07, 6.45) is 4.30. The Bertz CT molecular complexity index is 282. The molecule has 0 radical (unpaired) electrons. The lowest BCUT2D eigenvalue weighted by molar-refractivity contribution is -0.118. The number of hydrogen-bond acceptors (Lipinski definition) is 1. The number of Topliss-reactive ketones (excluding diaryl/α,β-unsaturated/α-hetero) is 1. The number of benzene rings is 1. The normalized spacial score (nSPS) is 10.2. The van der Waals surface area contributed by atoms with Crippen LogP contribution >= 0.6 is 11.6 Å². The Morgan fingerprint density at radius 3 is 2.47 bits per heavy atom. The first-order valence-electron chi connectivity index (χ1n) is 5.44. The van der Waals surface area contributed by atoms with Crippen molar-refractivity contribution in [3.05, 3.63) is 35.9 Å². The number of carbonyl (C=O) groups excluding carboxylic acids is 1. The number of halogens is 1. The summed E-state index contributed by atoms with van der Waals surface area (Å²) in [6.45, 7) is 0. The summed E-state index contributed by atoms with van der Waals surface area (Å²) < 4.78 is 0. The molecule has 0 unspecified atom stereocenters. The number of carbonyl (C=O) groups is 1. The van der Waals surface area contributed by atoms with E-state index >= 15 is 0 Å². The summed E-state index contributed by atoms with van der Waals surface area (Å²) in [5.74, 6) is 1.03. The highest BCUT2D eigenvalue weighted by molar-refractivity contribution is 6.17. The lowest BCUT2D eigenvalue weighted by Gasteiger charge is -2.00. The van der Waals surface area contributed by atoms with Crippen LogP contribution < -0.4 is 0 Å². The van der Waals surface area contributed by atoms with E-state index < -0.39 is 0 Å². The molecule has 1 rings (SSSR count). The first-order chi connectivity index (χ1) is 7.33. The Labute approximate surface area is 96.5 Å². The van der Waals surface area contributed by atoms with Gasteiger partial charge in [-0.2, -0.15) is 0 Å². The summed E-state index contributed by atoms with van der Waals surface area (Å²) in [6, 6.07) is 9.90. The Balaban J connectivity index is 2.19. The average Bonchev–Trinajstić information content (AvgIpc) is 2.26. The van der Waals surface area contributed by atoms with Crippen LogP contribution in [0.1, 0.15) is 31.2 Å². The molecule has 0 atom stereocenters. The molecule has 0 aromatic heterocycles. The second-order valence-corrected chi connectivity index (χ2v) is 4.08. The van der Waals surface area contributed by atoms with Crippen LogP contribution in [0, 0.1) is 0 Å². The van der Waals surface area contributed by atoms with Crippen LogP contribution in [-0.4, -0.2) is 11.7 Å². The topological polar surface area (TPSA) is 17.1 Å². The second kappa shape index (κ2) is 7.47. The van der Waals surface area contributed by atoms with Crippen molar-refractivity contribution < 1.29 is 4.79 Å². The quantitative estimate of drug-likeness (QED) is 0.511. The highest BCUT2D eigenvalue weighted by Gasteiger charge is 2.02. The molecule has 1 aromatic carbocycles. The molecule has 0 aliphatic carbocycles. The van der Waals surface area contributed by atoms with Gasteiger partial charge in [-0.15, -0.1) is 11.6 Å². The molecule has 0 saturated carbocycles. The Morgan fingerprint density at radius 1 is 1.07 bits per heavy atom. The van der Waals surface area contributed by atoms with Gasteiger partial charge in [-0.3, -0.25) is 4.79 Å². The van der Waals surface area contributed by atoms with Crippen molar-refractivity contribution in [1.29, 1.82) is 0 Å². The molecule has 0 aliphatic heterocycles. The standard InChI is InChI=1S/C13H17ClO/c14-10-6-2-5-9-13(15)11-12-7-3-1-4-8-12/h1,3-4,7-8H,2,5-6,9-11H2. The number of alkyl halides is 1. The molecule has 82 valence electrons. The molecule has 0 bridgehead atoms. The van der Waals surface area contributed by atoms with Crippen LogP contribution in [0.15, 0.2) is 30.3 Å². The van der Waals surface area contributed by atoms with Crippen LogP contribution in [0.4, 0.5) is 0 Å². The summed E-state index contributed by atoms with van der Waals surface area (Å²) in [5, 5.41) is 0. The molecular weight excluding hydrogens is 208 g/mol. The van der Waals surface area contributed by atoms with Gasteiger partial charge in [0.1, 0.15) is 5.78 Å². The Morgan fingerprint density at radius 2 is 1.80 bits per heavy atom. The van der Waals surface area contributed by atoms with Gasteiger partial charge in [0.15, 0.2) is 0 Å². The van der Waals surface area contributed by atoms with Gasteiger partial charge in [-0.25, -0.2) is 0 Å². The first-order valence-corrected chi connectivity index (χ1v) is 5.98. The molecule has 0 spiro atoms. The number of rotatable bonds is 7. The van der Waals surface area contributed by atoms with Gasteiger partial charge >= 0.3 is 0 Å². The maximum atomic E-state index is 11.5. The van der Waals surface area contributed by atoms with Gasteiger partial charge in [0.25, 0.3) is 0 Å². The molecule has 2 heteroatoms. The van der Waals surface area contributed by atoms with E-state index in [-0.39, 0.29) is 0 Å². The minimum absolute atomic E-state index is 0.329. The monoisotopic (exact) mass is 224 g/mol. The molecule has 0 aliphatic rings. The van der Waals surface area contributed by atoms with E-state index in [9.17, 15) is 4.79 Å². The minimum atomic E-state index is 0.329. The fourth-order valence-electron chi connectivity index (χ4n) is 1.51. The smallest absolute Gasteiger partial charge is 0.137 e. The summed E-state index contributed by atoms with van der Waals surface area (Å²) in [4.78, 5) is 11.5. The zero-order chi connectivity index (χ0) is 10.9. The van der Waals surface area contributed by atoms with Gasteiger partial charge < -0.3 is 0 Å². The lowest BCUT2D eigenvalue weighted by atomic mass is 10.0. The summed E-state index contributed by atoms with van der Waals surface area (Å²) in [7, 11) is 0. The van der Waals surface area contributed by atoms with E-state index in [1.165, 1.54) is 0 Å². The SMILES string of the molecule is O=C(CCCCCCl)Cc1ccccc1. The first kappa shape index (κ1) is 12.3. The highest BCUT2D eigenvalue weighted by atomic mass is 35.5. The molecule has 0 N–H and O–H groups in total. The fourth-order valence-corrected chi connectivity index (χ4v) is 1.69. The molecular formula is C13H17ClO. The third kappa shape index (κ3) is 5.58. The molecule has 15 heavy (non-hydrogen) atoms. The van der Waals surface area contributed by atoms with E-state index in [0.29, 0.717) is 24.5 Å². The zero-order valence-electron chi connectivity index (χ0n) is 8.92. The van der Waals surface area contributed by atoms with Gasteiger partial charge in [0, 0.05) is 18.7 Å². The molecule has 0 amide bonds. The van der Waals surface area contributed by atoms with Gasteiger partial charge in [0.2, 0.25) is 0 Å². The van der Waals surface area contributed by atoms with Crippen molar-refractivity contribution in [2.24, 2.45) is 0 Å². The van der Waals surface area contributed by atoms with Crippen LogP contribution in [-0.2, 0) is 11.2 Å². The van der Waals surface area contributed by atoms with Crippen LogP contribution in [0.5, 0.6) is 0 Å². The van der Waals surface area contributed by atoms with Gasteiger partial charge in [0.05, 0.1) is 0 Å². The lowest BCUT2D eigenvalue weighted by Crippen LogP contribution is -2.02. The predicted molar refractivity (Wildman–Crippen MR) is 64.3 cm³/mol. The fraction of sp³-hybridized carbons (Fsp3) is 0.462. The van der Waals surface area contributed by atoms with E-state index in [0.717, 1.165) is 24.8 Å². The third-order valence-corrected chi connectivity index (χ3v) is 2.60. The highest BCUT2D eigenvalue weighted by Crippen LogP contribution is 2.06. The van der Waals surface area contributed by atoms with Crippen LogP contribution in [0.25, 0.3) is 0 Å². The van der Waals surface area contributed by atoms with E-state index in [4.69, 9.17) is 11.6 Å². The maximum absolute atomic E-state index is 11.5. The molecule has 0 fully saturated rings. The number of unbranched alkanes of at least 4 members (excludes halogenated alkanes) is 2. The Hall–Kier alpha value is -0.820. The zero-order valence-corrected chi connectivity index (χ0v) is 9.67. The van der Waals surface area contributed by atoms with Gasteiger partial charge in [-0.05, 0) is 18.4 Å². The molecule has 0 heterocycles. The van der Waals surface area contributed by atoms with E-state index in [1.54, 1.807) is 0 Å². The van der Waals surface area contributed by atoms with Crippen molar-refractivity contribution in [3.8, 4) is 0 Å². The van der Waals surface area contributed by atoms with Gasteiger partial charge in [-0.1, -0.05) is 36.8 Å². The number of hydrogen-bond donors (Lipinski definition) is 0. The van der Waals surface area contributed by atoms with Crippen molar-refractivity contribution in [2.75, 3.05) is 5.88 Å². The summed E-state index contributed by atoms with van der Waals surface area (Å²) in [5.41, 5.74) is 1.11. The van der Waals surface area contributed by atoms with E-state index in [2.05, 4.69) is 0 Å². The minimum Gasteiger partial charge on any atom is -0.299 e. The van der Waals surface area contributed by atoms with Crippen molar-refractivity contribution in [1.82, 2.24) is 0 Å². The van der Waals surface area contributed by atoms with E-state index in [1.807, 2.05) is 30.3 Å². The largest absolute Gasteiger partial charge is 0.299 e. The van der Waals surface area contributed by atoms with Crippen molar-refractivity contribution in [2.45, 2.75) is 32.1 Å². The average molecular weight is 225 g/mol. The maximum Gasteiger partial charge on any atom is 0.137 e. The van der Waals surface area contributed by atoms with Crippen molar-refractivity contribution in [3.63, 3.8) is 0 Å². The van der Waals surface area contributed by atoms with Crippen LogP contribution in [0.3, 0.4) is 0 Å². The second-order valence-electron chi connectivity index (χ2n) is 3.70. The van der Waals surface area contributed by atoms with Crippen molar-refractivity contribution >= 4 is 17.4 Å². The number of ketones is 1. The van der Waals surface area contributed by atoms with Crippen LogP contribution in [0.2, 0.25) is 0 Å². The third-order valence-electron chi connectivity index (χ3n) is 2.33. The molecule has 1 nitrogen and oxygen atoms in total. The molecule has 0 saturated heterocycles. The Kier molecular flexibility index (Phi) is 6.10. The molecule has 1 aromatic rings.